The van der Waals surface area contributed by atoms with Crippen molar-refractivity contribution in [1.82, 2.24) is 10.6 Å². The molecule has 214 valence electrons. The number of rotatable bonds is 24. The number of nitrogens with one attached hydrogen (secondary N) is 2. The largest absolute Gasteiger partial charge is 0.480 e. The quantitative estimate of drug-likeness (QED) is 0.0997. The highest BCUT2D eigenvalue weighted by Gasteiger charge is 2.24. The molecule has 12 nitrogen and oxygen atoms in total. The Hall–Kier alpha value is -2.73. The first-order valence-corrected chi connectivity index (χ1v) is 13.0. The summed E-state index contributed by atoms with van der Waals surface area (Å²) in [4.78, 5) is 57.7. The van der Waals surface area contributed by atoms with Gasteiger partial charge < -0.3 is 36.4 Å². The number of carbonyl (C=O) groups is 5. The molecule has 0 aliphatic carbocycles. The number of hydrogen-bond donors (Lipinski definition) is 6. The second-order valence-electron chi connectivity index (χ2n) is 9.08. The lowest BCUT2D eigenvalue weighted by Crippen LogP contribution is -2.46. The van der Waals surface area contributed by atoms with E-state index in [2.05, 4.69) is 10.6 Å². The summed E-state index contributed by atoms with van der Waals surface area (Å²) in [5.74, 6) is -5.21. The van der Waals surface area contributed by atoms with Gasteiger partial charge in [-0.25, -0.2) is 9.59 Å². The Bertz CT molecular complexity index is 724. The van der Waals surface area contributed by atoms with Gasteiger partial charge >= 0.3 is 17.9 Å². The van der Waals surface area contributed by atoms with Gasteiger partial charge in [-0.2, -0.15) is 0 Å². The molecule has 0 aromatic heterocycles. The number of hydrogen-bond acceptors (Lipinski definition) is 7. The van der Waals surface area contributed by atoms with Crippen molar-refractivity contribution in [1.29, 1.82) is 0 Å². The van der Waals surface area contributed by atoms with Crippen LogP contribution in [0.15, 0.2) is 0 Å². The van der Waals surface area contributed by atoms with Gasteiger partial charge in [0.2, 0.25) is 11.8 Å². The van der Waals surface area contributed by atoms with Gasteiger partial charge in [-0.05, 0) is 12.8 Å². The molecule has 0 heterocycles. The van der Waals surface area contributed by atoms with Crippen molar-refractivity contribution < 1.29 is 45.4 Å². The molecule has 12 heteroatoms. The van der Waals surface area contributed by atoms with Crippen LogP contribution in [0.2, 0.25) is 0 Å². The summed E-state index contributed by atoms with van der Waals surface area (Å²) in [5, 5.41) is 31.8. The van der Waals surface area contributed by atoms with Crippen molar-refractivity contribution in [3.63, 3.8) is 0 Å². The van der Waals surface area contributed by atoms with Crippen molar-refractivity contribution in [2.45, 2.75) is 115 Å². The molecule has 0 aromatic rings. The fourth-order valence-electron chi connectivity index (χ4n) is 3.50. The zero-order valence-electron chi connectivity index (χ0n) is 22.6. The molecule has 0 rings (SSSR count). The van der Waals surface area contributed by atoms with E-state index in [1.54, 1.807) is 0 Å². The predicted molar refractivity (Wildman–Crippen MR) is 136 cm³/mol. The summed E-state index contributed by atoms with van der Waals surface area (Å²) in [5.41, 5.74) is 5.26. The van der Waals surface area contributed by atoms with Crippen LogP contribution < -0.4 is 16.4 Å². The van der Waals surface area contributed by atoms with Gasteiger partial charge in [0.05, 0.1) is 13.2 Å². The molecular weight excluding hydrogens is 486 g/mol. The number of ether oxygens (including phenoxy) is 1. The topological polar surface area (TPSA) is 205 Å². The predicted octanol–water partition coefficient (Wildman–Crippen LogP) is 2.04. The number of unbranched alkanes of at least 4 members (excludes halogenated alkanes) is 10. The maximum absolute atomic E-state index is 12.1. The summed E-state index contributed by atoms with van der Waals surface area (Å²) in [6.45, 7) is -0.460. The van der Waals surface area contributed by atoms with E-state index >= 15 is 0 Å². The van der Waals surface area contributed by atoms with Crippen LogP contribution in [0.5, 0.6) is 0 Å². The zero-order chi connectivity index (χ0) is 28.8. The lowest BCUT2D eigenvalue weighted by molar-refractivity contribution is -0.145. The Balaban J connectivity index is 4.15. The molecule has 0 spiro atoms. The zero-order valence-corrected chi connectivity index (χ0v) is 21.6. The molecule has 0 saturated heterocycles. The second-order valence-corrected chi connectivity index (χ2v) is 9.08. The number of amides is 2. The van der Waals surface area contributed by atoms with E-state index in [1.165, 1.54) is 25.7 Å². The minimum Gasteiger partial charge on any atom is -0.480 e. The SMILES string of the molecule is [2H]CCCCCCCCCCCCCC(=O)N[C@@H](CCC(=O)N[C@@H](COC[C@@H](N)C(=O)O)C(=O)O)C(=O)O. The maximum atomic E-state index is 12.1. The number of aliphatic carboxylic acids is 3. The standard InChI is InChI=1S/C25H45N3O9/c1-2-3-4-5-6-7-8-9-10-11-12-13-21(29)27-19(24(33)34)14-15-22(30)28-20(25(35)36)17-37-16-18(26)23(31)32/h18-20H,2-17,26H2,1H3,(H,27,29)(H,28,30)(H,31,32)(H,33,34)(H,35,36)/t18-,19+,20+/m1/s1/i1D. The van der Waals surface area contributed by atoms with Gasteiger partial charge in [0, 0.05) is 14.2 Å². The van der Waals surface area contributed by atoms with Crippen molar-refractivity contribution in [3.8, 4) is 0 Å². The first kappa shape index (κ1) is 32.3. The van der Waals surface area contributed by atoms with Gasteiger partial charge in [-0.1, -0.05) is 71.1 Å². The molecule has 0 saturated carbocycles. The molecule has 0 aromatic carbocycles. The lowest BCUT2D eigenvalue weighted by Gasteiger charge is -2.17. The minimum absolute atomic E-state index is 0.183. The van der Waals surface area contributed by atoms with Crippen LogP contribution in [0.1, 0.15) is 98.2 Å². The molecule has 0 bridgehead atoms. The van der Waals surface area contributed by atoms with Crippen LogP contribution >= 0.6 is 0 Å². The van der Waals surface area contributed by atoms with E-state index in [-0.39, 0.29) is 19.3 Å². The molecule has 37 heavy (non-hydrogen) atoms. The molecule has 0 fully saturated rings. The molecule has 2 amide bonds. The molecule has 0 aliphatic rings. The van der Waals surface area contributed by atoms with Crippen LogP contribution in [0.25, 0.3) is 0 Å². The highest BCUT2D eigenvalue weighted by atomic mass is 16.5. The Kier molecular flexibility index (Phi) is 18.6. The second kappa shape index (κ2) is 21.4. The molecule has 0 unspecified atom stereocenters. The molecular formula is C25H45N3O9. The van der Waals surface area contributed by atoms with Crippen LogP contribution in [-0.2, 0) is 28.7 Å². The number of nitrogens with two attached hydrogens (primary N) is 1. The van der Waals surface area contributed by atoms with Crippen molar-refractivity contribution in [2.75, 3.05) is 13.2 Å². The maximum Gasteiger partial charge on any atom is 0.328 e. The van der Waals surface area contributed by atoms with Gasteiger partial charge in [0.15, 0.2) is 6.04 Å². The number of carboxylic acids is 3. The molecule has 3 atom stereocenters. The first-order valence-electron chi connectivity index (χ1n) is 13.7. The first-order chi connectivity index (χ1) is 18.1. The minimum atomic E-state index is -1.47. The molecule has 0 aliphatic heterocycles. The van der Waals surface area contributed by atoms with E-state index < -0.39 is 61.1 Å². The normalized spacial score (nSPS) is 13.7. The van der Waals surface area contributed by atoms with Gasteiger partial charge in [-0.3, -0.25) is 14.4 Å². The summed E-state index contributed by atoms with van der Waals surface area (Å²) in [6.07, 6.45) is 11.3. The summed E-state index contributed by atoms with van der Waals surface area (Å²) < 4.78 is 12.0. The summed E-state index contributed by atoms with van der Waals surface area (Å²) in [6, 6.07) is -4.10. The average Bonchev–Trinajstić information content (AvgIpc) is 2.86. The van der Waals surface area contributed by atoms with E-state index in [9.17, 15) is 34.2 Å². The molecule has 7 N–H and O–H groups in total. The third kappa shape index (κ3) is 19.1. The van der Waals surface area contributed by atoms with E-state index in [0.29, 0.717) is 13.3 Å². The fraction of sp³-hybridized carbons (Fsp3) is 0.800. The summed E-state index contributed by atoms with van der Waals surface area (Å²) in [7, 11) is 0. The van der Waals surface area contributed by atoms with E-state index in [1.807, 2.05) is 0 Å². The monoisotopic (exact) mass is 532 g/mol. The Morgan fingerprint density at radius 1 is 0.703 bits per heavy atom. The summed E-state index contributed by atoms with van der Waals surface area (Å²) >= 11 is 0. The van der Waals surface area contributed by atoms with Crippen molar-refractivity contribution in [3.05, 3.63) is 0 Å². The van der Waals surface area contributed by atoms with Gasteiger partial charge in [-0.15, -0.1) is 0 Å². The smallest absolute Gasteiger partial charge is 0.328 e. The van der Waals surface area contributed by atoms with Crippen LogP contribution in [-0.4, -0.2) is 76.4 Å². The Morgan fingerprint density at radius 2 is 1.19 bits per heavy atom. The number of carboxylic acid groups (broad SMARTS) is 3. The number of carbonyl (C=O) groups excluding carboxylic acids is 2. The van der Waals surface area contributed by atoms with Crippen LogP contribution in [0.3, 0.4) is 0 Å². The Morgan fingerprint density at radius 3 is 1.70 bits per heavy atom. The average molecular weight is 533 g/mol. The van der Waals surface area contributed by atoms with Crippen molar-refractivity contribution >= 4 is 29.7 Å². The van der Waals surface area contributed by atoms with Crippen molar-refractivity contribution in [2.24, 2.45) is 5.73 Å². The van der Waals surface area contributed by atoms with E-state index in [4.69, 9.17) is 16.9 Å². The third-order valence-corrected chi connectivity index (χ3v) is 5.73. The Labute approximate surface area is 220 Å². The van der Waals surface area contributed by atoms with Gasteiger partial charge in [0.25, 0.3) is 0 Å². The van der Waals surface area contributed by atoms with Crippen LogP contribution in [0, 0.1) is 0 Å². The fourth-order valence-corrected chi connectivity index (χ4v) is 3.50. The van der Waals surface area contributed by atoms with Gasteiger partial charge in [0.1, 0.15) is 12.1 Å². The molecule has 0 radical (unpaired) electrons. The highest BCUT2D eigenvalue weighted by Crippen LogP contribution is 2.12. The highest BCUT2D eigenvalue weighted by molar-refractivity contribution is 5.86. The lowest BCUT2D eigenvalue weighted by atomic mass is 10.0. The van der Waals surface area contributed by atoms with Crippen LogP contribution in [0.4, 0.5) is 0 Å². The van der Waals surface area contributed by atoms with E-state index in [0.717, 1.165) is 38.5 Å². The third-order valence-electron chi connectivity index (χ3n) is 5.73.